The Morgan fingerprint density at radius 2 is 1.61 bits per heavy atom. The summed E-state index contributed by atoms with van der Waals surface area (Å²) in [7, 11) is 0. The molecule has 0 radical (unpaired) electrons. The minimum Gasteiger partial charge on any atom is -0.482 e. The summed E-state index contributed by atoms with van der Waals surface area (Å²) in [5.41, 5.74) is 9.11. The number of fused-ring (bicyclic) bond motifs is 1. The molecule has 0 aliphatic carbocycles. The summed E-state index contributed by atoms with van der Waals surface area (Å²) >= 11 is 0. The zero-order valence-electron chi connectivity index (χ0n) is 20.1. The molecule has 2 aromatic carbocycles. The van der Waals surface area contributed by atoms with E-state index < -0.39 is 5.91 Å². The number of rotatable bonds is 5. The van der Waals surface area contributed by atoms with Crippen LogP contribution in [0.5, 0.6) is 5.75 Å². The van der Waals surface area contributed by atoms with Crippen LogP contribution in [0.2, 0.25) is 0 Å². The van der Waals surface area contributed by atoms with E-state index >= 15 is 0 Å². The average molecular weight is 450 g/mol. The van der Waals surface area contributed by atoms with Gasteiger partial charge >= 0.3 is 0 Å². The SMILES string of the molecule is CC.CCN(CC)C(=O)c1ccc(C2=CC3(CCNCC3)Oc3ccc(C(N)=O)cc32)cc1. The van der Waals surface area contributed by atoms with Gasteiger partial charge in [0.25, 0.3) is 5.91 Å². The summed E-state index contributed by atoms with van der Waals surface area (Å²) in [5.74, 6) is 0.320. The van der Waals surface area contributed by atoms with Crippen LogP contribution in [0.1, 0.15) is 72.4 Å². The van der Waals surface area contributed by atoms with Crippen molar-refractivity contribution >= 4 is 17.4 Å². The second kappa shape index (κ2) is 10.7. The summed E-state index contributed by atoms with van der Waals surface area (Å²) in [5, 5.41) is 3.39. The highest BCUT2D eigenvalue weighted by Crippen LogP contribution is 2.43. The number of nitrogens with one attached hydrogen (secondary N) is 1. The Labute approximate surface area is 196 Å². The molecule has 2 heterocycles. The van der Waals surface area contributed by atoms with Crippen LogP contribution in [-0.2, 0) is 0 Å². The van der Waals surface area contributed by atoms with Crippen molar-refractivity contribution in [3.8, 4) is 5.75 Å². The van der Waals surface area contributed by atoms with Crippen LogP contribution in [-0.4, -0.2) is 48.5 Å². The molecule has 1 spiro atoms. The van der Waals surface area contributed by atoms with Crippen molar-refractivity contribution in [3.05, 3.63) is 70.8 Å². The van der Waals surface area contributed by atoms with Crippen molar-refractivity contribution in [3.63, 3.8) is 0 Å². The van der Waals surface area contributed by atoms with Gasteiger partial charge in [0.2, 0.25) is 5.91 Å². The minimum absolute atomic E-state index is 0.0312. The molecule has 0 unspecified atom stereocenters. The molecule has 6 nitrogen and oxygen atoms in total. The van der Waals surface area contributed by atoms with E-state index in [0.29, 0.717) is 24.2 Å². The van der Waals surface area contributed by atoms with E-state index in [1.807, 2.05) is 58.0 Å². The molecule has 1 saturated heterocycles. The van der Waals surface area contributed by atoms with Crippen LogP contribution in [0.4, 0.5) is 0 Å². The number of primary amides is 1. The summed E-state index contributed by atoms with van der Waals surface area (Å²) in [6, 6.07) is 13.0. The molecule has 33 heavy (non-hydrogen) atoms. The molecule has 3 N–H and O–H groups in total. The lowest BCUT2D eigenvalue weighted by Gasteiger charge is -2.40. The standard InChI is InChI=1S/C25H29N3O3.C2H6/c1-3-28(4-2)24(30)18-7-5-17(6-8-18)21-16-25(11-13-27-14-12-25)31-22-10-9-19(23(26)29)15-20(21)22;1-2/h5-10,15-16,27H,3-4,11-14H2,1-2H3,(H2,26,29);1-2H3. The van der Waals surface area contributed by atoms with Crippen LogP contribution in [0.25, 0.3) is 5.57 Å². The lowest BCUT2D eigenvalue weighted by atomic mass is 9.83. The first-order valence-electron chi connectivity index (χ1n) is 11.9. The Balaban J connectivity index is 0.00000149. The molecule has 2 aliphatic heterocycles. The third-order valence-corrected chi connectivity index (χ3v) is 6.22. The first-order valence-corrected chi connectivity index (χ1v) is 11.9. The Bertz CT molecular complexity index is 1020. The number of nitrogens with two attached hydrogens (primary N) is 1. The smallest absolute Gasteiger partial charge is 0.253 e. The zero-order chi connectivity index (χ0) is 24.0. The van der Waals surface area contributed by atoms with Gasteiger partial charge in [-0.05, 0) is 74.5 Å². The maximum atomic E-state index is 12.7. The van der Waals surface area contributed by atoms with Gasteiger partial charge in [0, 0.05) is 42.6 Å². The van der Waals surface area contributed by atoms with Gasteiger partial charge in [0.1, 0.15) is 11.4 Å². The molecule has 0 aromatic heterocycles. The number of carbonyl (C=O) groups excluding carboxylic acids is 2. The van der Waals surface area contributed by atoms with Gasteiger partial charge in [0.05, 0.1) is 0 Å². The third-order valence-electron chi connectivity index (χ3n) is 6.22. The number of hydrogen-bond acceptors (Lipinski definition) is 4. The molecule has 0 bridgehead atoms. The molecule has 6 heteroatoms. The van der Waals surface area contributed by atoms with Crippen molar-refractivity contribution in [2.45, 2.75) is 46.1 Å². The maximum absolute atomic E-state index is 12.7. The number of hydrogen-bond donors (Lipinski definition) is 2. The molecule has 2 aliphatic rings. The van der Waals surface area contributed by atoms with E-state index in [4.69, 9.17) is 10.5 Å². The Morgan fingerprint density at radius 1 is 1.00 bits per heavy atom. The fourth-order valence-corrected chi connectivity index (χ4v) is 4.39. The number of ether oxygens (including phenoxy) is 1. The highest BCUT2D eigenvalue weighted by atomic mass is 16.5. The molecule has 4 rings (SSSR count). The predicted molar refractivity (Wildman–Crippen MR) is 133 cm³/mol. The maximum Gasteiger partial charge on any atom is 0.253 e. The topological polar surface area (TPSA) is 84.7 Å². The lowest BCUT2D eigenvalue weighted by molar-refractivity contribution is 0.0772. The second-order valence-corrected chi connectivity index (χ2v) is 8.10. The van der Waals surface area contributed by atoms with Gasteiger partial charge in [-0.2, -0.15) is 0 Å². The summed E-state index contributed by atoms with van der Waals surface area (Å²) in [4.78, 5) is 26.3. The summed E-state index contributed by atoms with van der Waals surface area (Å²) < 4.78 is 6.44. The predicted octanol–water partition coefficient (Wildman–Crippen LogP) is 4.24. The van der Waals surface area contributed by atoms with Gasteiger partial charge < -0.3 is 20.7 Å². The van der Waals surface area contributed by atoms with Gasteiger partial charge in [-0.1, -0.05) is 26.0 Å². The fraction of sp³-hybridized carbons (Fsp3) is 0.407. The Hall–Kier alpha value is -3.12. The Kier molecular flexibility index (Phi) is 7.92. The van der Waals surface area contributed by atoms with Crippen LogP contribution >= 0.6 is 0 Å². The van der Waals surface area contributed by atoms with Crippen molar-refractivity contribution in [2.24, 2.45) is 5.73 Å². The largest absolute Gasteiger partial charge is 0.482 e. The molecule has 0 atom stereocenters. The highest BCUT2D eigenvalue weighted by Gasteiger charge is 2.37. The van der Waals surface area contributed by atoms with E-state index in [0.717, 1.165) is 48.4 Å². The fourth-order valence-electron chi connectivity index (χ4n) is 4.39. The third kappa shape index (κ3) is 5.11. The summed E-state index contributed by atoms with van der Waals surface area (Å²) in [6.45, 7) is 11.1. The minimum atomic E-state index is -0.468. The first kappa shape index (κ1) is 24.5. The molecular formula is C27H35N3O3. The molecule has 176 valence electrons. The molecule has 2 aromatic rings. The van der Waals surface area contributed by atoms with Crippen molar-refractivity contribution in [1.82, 2.24) is 10.2 Å². The zero-order valence-corrected chi connectivity index (χ0v) is 20.1. The van der Waals surface area contributed by atoms with Crippen LogP contribution in [0.15, 0.2) is 48.5 Å². The van der Waals surface area contributed by atoms with E-state index in [1.54, 1.807) is 17.0 Å². The van der Waals surface area contributed by atoms with E-state index in [2.05, 4.69) is 11.4 Å². The number of benzene rings is 2. The van der Waals surface area contributed by atoms with Crippen molar-refractivity contribution in [2.75, 3.05) is 26.2 Å². The molecule has 2 amide bonds. The first-order chi connectivity index (χ1) is 16.0. The number of nitrogens with zero attached hydrogens (tertiary/aromatic N) is 1. The second-order valence-electron chi connectivity index (χ2n) is 8.10. The highest BCUT2D eigenvalue weighted by molar-refractivity contribution is 5.97. The van der Waals surface area contributed by atoms with Gasteiger partial charge in [-0.3, -0.25) is 9.59 Å². The monoisotopic (exact) mass is 449 g/mol. The van der Waals surface area contributed by atoms with E-state index in [1.165, 1.54) is 0 Å². The average Bonchev–Trinajstić information content (AvgIpc) is 2.85. The molecule has 1 fully saturated rings. The quantitative estimate of drug-likeness (QED) is 0.715. The molecular weight excluding hydrogens is 414 g/mol. The van der Waals surface area contributed by atoms with Gasteiger partial charge in [0.15, 0.2) is 0 Å². The van der Waals surface area contributed by atoms with Crippen molar-refractivity contribution < 1.29 is 14.3 Å². The van der Waals surface area contributed by atoms with Crippen LogP contribution in [0, 0.1) is 0 Å². The van der Waals surface area contributed by atoms with E-state index in [-0.39, 0.29) is 11.5 Å². The van der Waals surface area contributed by atoms with Crippen molar-refractivity contribution in [1.29, 1.82) is 0 Å². The number of carbonyl (C=O) groups is 2. The van der Waals surface area contributed by atoms with Crippen LogP contribution < -0.4 is 15.8 Å². The normalized spacial score (nSPS) is 15.9. The van der Waals surface area contributed by atoms with E-state index in [9.17, 15) is 9.59 Å². The molecule has 0 saturated carbocycles. The number of amides is 2. The number of piperidine rings is 1. The van der Waals surface area contributed by atoms with Crippen LogP contribution in [0.3, 0.4) is 0 Å². The lowest BCUT2D eigenvalue weighted by Crippen LogP contribution is -2.46. The summed E-state index contributed by atoms with van der Waals surface area (Å²) in [6.07, 6.45) is 3.92. The Morgan fingerprint density at radius 3 is 2.18 bits per heavy atom. The van der Waals surface area contributed by atoms with Gasteiger partial charge in [-0.25, -0.2) is 0 Å². The van der Waals surface area contributed by atoms with Gasteiger partial charge in [-0.15, -0.1) is 0 Å².